The SMILES string of the molecule is CC(N)CCCC(C)C(=O)Nc1c(F)cc(Br)cc1F. The lowest BCUT2D eigenvalue weighted by atomic mass is 10.0. The van der Waals surface area contributed by atoms with Gasteiger partial charge in [-0.3, -0.25) is 4.79 Å². The van der Waals surface area contributed by atoms with Crippen LogP contribution in [0.4, 0.5) is 14.5 Å². The van der Waals surface area contributed by atoms with Crippen LogP contribution in [0.15, 0.2) is 16.6 Å². The van der Waals surface area contributed by atoms with Crippen molar-refractivity contribution in [3.8, 4) is 0 Å². The fourth-order valence-electron chi connectivity index (χ4n) is 1.79. The Morgan fingerprint density at radius 3 is 2.35 bits per heavy atom. The van der Waals surface area contributed by atoms with Crippen molar-refractivity contribution in [2.75, 3.05) is 5.32 Å². The van der Waals surface area contributed by atoms with Crippen molar-refractivity contribution in [3.05, 3.63) is 28.2 Å². The first kappa shape index (κ1) is 17.0. The van der Waals surface area contributed by atoms with Gasteiger partial charge in [-0.15, -0.1) is 0 Å². The van der Waals surface area contributed by atoms with Gasteiger partial charge in [0.05, 0.1) is 0 Å². The molecule has 0 aliphatic rings. The van der Waals surface area contributed by atoms with Gasteiger partial charge in [-0.1, -0.05) is 29.3 Å². The number of carbonyl (C=O) groups is 1. The maximum absolute atomic E-state index is 13.6. The topological polar surface area (TPSA) is 55.1 Å². The predicted molar refractivity (Wildman–Crippen MR) is 79.4 cm³/mol. The van der Waals surface area contributed by atoms with Crippen molar-refractivity contribution in [2.45, 2.75) is 39.2 Å². The molecular formula is C14H19BrF2N2O. The van der Waals surface area contributed by atoms with Crippen LogP contribution in [0.3, 0.4) is 0 Å². The highest BCUT2D eigenvalue weighted by Crippen LogP contribution is 2.24. The minimum atomic E-state index is -0.798. The van der Waals surface area contributed by atoms with E-state index in [1.165, 1.54) is 0 Å². The lowest BCUT2D eigenvalue weighted by molar-refractivity contribution is -0.119. The third-order valence-corrected chi connectivity index (χ3v) is 3.46. The molecule has 3 N–H and O–H groups in total. The van der Waals surface area contributed by atoms with E-state index in [0.29, 0.717) is 6.42 Å². The number of rotatable bonds is 6. The summed E-state index contributed by atoms with van der Waals surface area (Å²) in [6, 6.07) is 2.31. The van der Waals surface area contributed by atoms with Crippen LogP contribution in [0.5, 0.6) is 0 Å². The van der Waals surface area contributed by atoms with Crippen LogP contribution in [-0.2, 0) is 4.79 Å². The van der Waals surface area contributed by atoms with E-state index >= 15 is 0 Å². The first-order chi connectivity index (χ1) is 9.31. The summed E-state index contributed by atoms with van der Waals surface area (Å²) in [6.07, 6.45) is 2.25. The summed E-state index contributed by atoms with van der Waals surface area (Å²) >= 11 is 2.99. The Labute approximate surface area is 126 Å². The van der Waals surface area contributed by atoms with Crippen LogP contribution in [0.2, 0.25) is 0 Å². The highest BCUT2D eigenvalue weighted by molar-refractivity contribution is 9.10. The van der Waals surface area contributed by atoms with Gasteiger partial charge in [-0.2, -0.15) is 0 Å². The van der Waals surface area contributed by atoms with Crippen molar-refractivity contribution >= 4 is 27.5 Å². The largest absolute Gasteiger partial charge is 0.328 e. The molecule has 0 bridgehead atoms. The number of amides is 1. The van der Waals surface area contributed by atoms with Crippen LogP contribution < -0.4 is 11.1 Å². The molecular weight excluding hydrogens is 330 g/mol. The number of anilines is 1. The van der Waals surface area contributed by atoms with Crippen LogP contribution >= 0.6 is 15.9 Å². The van der Waals surface area contributed by atoms with Gasteiger partial charge >= 0.3 is 0 Å². The molecule has 20 heavy (non-hydrogen) atoms. The number of halogens is 3. The molecule has 1 aromatic rings. The third-order valence-electron chi connectivity index (χ3n) is 3.00. The number of nitrogens with two attached hydrogens (primary N) is 1. The van der Waals surface area contributed by atoms with Crippen molar-refractivity contribution in [3.63, 3.8) is 0 Å². The summed E-state index contributed by atoms with van der Waals surface area (Å²) in [5.74, 6) is -2.31. The molecule has 0 aromatic heterocycles. The normalized spacial score (nSPS) is 13.9. The summed E-state index contributed by atoms with van der Waals surface area (Å²) in [4.78, 5) is 11.9. The zero-order valence-electron chi connectivity index (χ0n) is 11.6. The van der Waals surface area contributed by atoms with Crippen LogP contribution in [-0.4, -0.2) is 11.9 Å². The van der Waals surface area contributed by atoms with Crippen LogP contribution in [0.1, 0.15) is 33.1 Å². The van der Waals surface area contributed by atoms with Gasteiger partial charge in [0.15, 0.2) is 11.6 Å². The monoisotopic (exact) mass is 348 g/mol. The molecule has 112 valence electrons. The molecule has 2 atom stereocenters. The molecule has 1 aromatic carbocycles. The van der Waals surface area contributed by atoms with Crippen molar-refractivity contribution in [1.29, 1.82) is 0 Å². The molecule has 0 fully saturated rings. The Bertz CT molecular complexity index is 457. The smallest absolute Gasteiger partial charge is 0.227 e. The number of hydrogen-bond acceptors (Lipinski definition) is 2. The number of carbonyl (C=O) groups excluding carboxylic acids is 1. The van der Waals surface area contributed by atoms with E-state index in [-0.39, 0.29) is 16.4 Å². The third kappa shape index (κ3) is 5.17. The van der Waals surface area contributed by atoms with E-state index in [1.54, 1.807) is 6.92 Å². The van der Waals surface area contributed by atoms with E-state index in [1.807, 2.05) is 6.92 Å². The molecule has 0 radical (unpaired) electrons. The average Bonchev–Trinajstić information content (AvgIpc) is 2.32. The quantitative estimate of drug-likeness (QED) is 0.820. The lowest BCUT2D eigenvalue weighted by Gasteiger charge is -2.14. The molecule has 2 unspecified atom stereocenters. The molecule has 0 heterocycles. The van der Waals surface area contributed by atoms with Gasteiger partial charge in [0.2, 0.25) is 5.91 Å². The number of benzene rings is 1. The Morgan fingerprint density at radius 1 is 1.30 bits per heavy atom. The van der Waals surface area contributed by atoms with Crippen LogP contribution in [0.25, 0.3) is 0 Å². The summed E-state index contributed by atoms with van der Waals surface area (Å²) in [5.41, 5.74) is 5.22. The van der Waals surface area contributed by atoms with Gasteiger partial charge in [0, 0.05) is 16.4 Å². The van der Waals surface area contributed by atoms with Gasteiger partial charge in [-0.05, 0) is 31.9 Å². The predicted octanol–water partition coefficient (Wildman–Crippen LogP) is 3.82. The second-order valence-electron chi connectivity index (χ2n) is 5.04. The van der Waals surface area contributed by atoms with Gasteiger partial charge in [0.25, 0.3) is 0 Å². The molecule has 0 aliphatic carbocycles. The highest BCUT2D eigenvalue weighted by Gasteiger charge is 2.18. The van der Waals surface area contributed by atoms with E-state index in [9.17, 15) is 13.6 Å². The number of nitrogens with one attached hydrogen (secondary N) is 1. The molecule has 0 spiro atoms. The fraction of sp³-hybridized carbons (Fsp3) is 0.500. The molecule has 1 rings (SSSR count). The Hall–Kier alpha value is -1.01. The van der Waals surface area contributed by atoms with E-state index < -0.39 is 23.2 Å². The van der Waals surface area contributed by atoms with E-state index in [4.69, 9.17) is 5.73 Å². The molecule has 3 nitrogen and oxygen atoms in total. The molecule has 1 amide bonds. The van der Waals surface area contributed by atoms with Crippen LogP contribution in [0, 0.1) is 17.6 Å². The number of hydrogen-bond donors (Lipinski definition) is 2. The molecule has 6 heteroatoms. The maximum atomic E-state index is 13.6. The molecule has 0 saturated carbocycles. The summed E-state index contributed by atoms with van der Waals surface area (Å²) in [6.45, 7) is 3.63. The van der Waals surface area contributed by atoms with Gasteiger partial charge in [-0.25, -0.2) is 8.78 Å². The standard InChI is InChI=1S/C14H19BrF2N2O/c1-8(4-3-5-9(2)18)14(20)19-13-11(16)6-10(15)7-12(13)17/h6-9H,3-5,18H2,1-2H3,(H,19,20). The average molecular weight is 349 g/mol. The Morgan fingerprint density at radius 2 is 1.85 bits per heavy atom. The lowest BCUT2D eigenvalue weighted by Crippen LogP contribution is -2.22. The van der Waals surface area contributed by atoms with Crippen molar-refractivity contribution in [1.82, 2.24) is 0 Å². The molecule has 0 aliphatic heterocycles. The van der Waals surface area contributed by atoms with E-state index in [2.05, 4.69) is 21.2 Å². The first-order valence-corrected chi connectivity index (χ1v) is 7.31. The van der Waals surface area contributed by atoms with Gasteiger partial charge < -0.3 is 11.1 Å². The highest BCUT2D eigenvalue weighted by atomic mass is 79.9. The first-order valence-electron chi connectivity index (χ1n) is 6.52. The zero-order valence-corrected chi connectivity index (χ0v) is 13.1. The van der Waals surface area contributed by atoms with E-state index in [0.717, 1.165) is 25.0 Å². The Balaban J connectivity index is 2.62. The summed E-state index contributed by atoms with van der Waals surface area (Å²) < 4.78 is 27.5. The summed E-state index contributed by atoms with van der Waals surface area (Å²) in [5, 5.41) is 2.30. The van der Waals surface area contributed by atoms with Crippen molar-refractivity contribution < 1.29 is 13.6 Å². The Kier molecular flexibility index (Phi) is 6.55. The zero-order chi connectivity index (χ0) is 15.3. The minimum absolute atomic E-state index is 0.0895. The molecule has 0 saturated heterocycles. The van der Waals surface area contributed by atoms with Gasteiger partial charge in [0.1, 0.15) is 5.69 Å². The fourth-order valence-corrected chi connectivity index (χ4v) is 2.19. The second kappa shape index (κ2) is 7.69. The van der Waals surface area contributed by atoms with Crippen molar-refractivity contribution in [2.24, 2.45) is 11.7 Å². The second-order valence-corrected chi connectivity index (χ2v) is 5.96. The maximum Gasteiger partial charge on any atom is 0.227 e. The minimum Gasteiger partial charge on any atom is -0.328 e. The summed E-state index contributed by atoms with van der Waals surface area (Å²) in [7, 11) is 0.